The molecule has 2 rings (SSSR count). The summed E-state index contributed by atoms with van der Waals surface area (Å²) in [6.07, 6.45) is 0.911. The smallest absolute Gasteiger partial charge is 0.321 e. The Morgan fingerprint density at radius 1 is 1.32 bits per heavy atom. The highest BCUT2D eigenvalue weighted by Crippen LogP contribution is 2.21. The second-order valence-corrected chi connectivity index (χ2v) is 6.94. The maximum absolute atomic E-state index is 11.8. The minimum absolute atomic E-state index is 0.0533. The van der Waals surface area contributed by atoms with Gasteiger partial charge in [-0.3, -0.25) is 10.1 Å². The summed E-state index contributed by atoms with van der Waals surface area (Å²) >= 11 is 0. The number of hydrogen-bond donors (Lipinski definition) is 2. The predicted molar refractivity (Wildman–Crippen MR) is 71.8 cm³/mol. The van der Waals surface area contributed by atoms with Gasteiger partial charge in [-0.05, 0) is 17.5 Å². The number of carboxylic acids is 1. The van der Waals surface area contributed by atoms with Crippen molar-refractivity contribution in [1.29, 1.82) is 0 Å². The molecular weight excluding hydrogens is 266 g/mol. The minimum atomic E-state index is -3.33. The fourth-order valence-corrected chi connectivity index (χ4v) is 3.91. The number of sulfone groups is 1. The molecular formula is C13H17NO4S. The van der Waals surface area contributed by atoms with Gasteiger partial charge in [0.15, 0.2) is 9.84 Å². The Kier molecular flexibility index (Phi) is 3.91. The first-order valence-corrected chi connectivity index (χ1v) is 8.01. The molecule has 6 heteroatoms. The molecule has 0 amide bonds. The Morgan fingerprint density at radius 2 is 1.95 bits per heavy atom. The molecule has 1 fully saturated rings. The molecule has 2 N–H and O–H groups in total. The molecule has 0 saturated carbocycles. The van der Waals surface area contributed by atoms with Crippen LogP contribution < -0.4 is 5.32 Å². The number of aliphatic carboxylic acids is 1. The van der Waals surface area contributed by atoms with E-state index in [1.165, 1.54) is 0 Å². The SMILES string of the molecule is CCc1ccc(C2CS(=O)(=O)CC(C(=O)O)N2)cc1. The molecule has 0 bridgehead atoms. The minimum Gasteiger partial charge on any atom is -0.480 e. The van der Waals surface area contributed by atoms with Crippen LogP contribution in [0.1, 0.15) is 24.1 Å². The molecule has 2 atom stereocenters. The van der Waals surface area contributed by atoms with Gasteiger partial charge in [0.05, 0.1) is 11.5 Å². The van der Waals surface area contributed by atoms with Gasteiger partial charge in [0.1, 0.15) is 6.04 Å². The first kappa shape index (κ1) is 14.0. The summed E-state index contributed by atoms with van der Waals surface area (Å²) in [5, 5.41) is 11.9. The fraction of sp³-hybridized carbons (Fsp3) is 0.462. The van der Waals surface area contributed by atoms with Crippen LogP contribution in [-0.2, 0) is 21.1 Å². The first-order valence-electron chi connectivity index (χ1n) is 6.19. The molecule has 2 unspecified atom stereocenters. The van der Waals surface area contributed by atoms with Crippen molar-refractivity contribution in [2.75, 3.05) is 11.5 Å². The van der Waals surface area contributed by atoms with Crippen LogP contribution in [0, 0.1) is 0 Å². The van der Waals surface area contributed by atoms with E-state index < -0.39 is 27.9 Å². The number of carboxylic acid groups (broad SMARTS) is 1. The third-order valence-electron chi connectivity index (χ3n) is 3.33. The molecule has 1 saturated heterocycles. The summed E-state index contributed by atoms with van der Waals surface area (Å²) in [7, 11) is -3.33. The topological polar surface area (TPSA) is 83.5 Å². The van der Waals surface area contributed by atoms with Crippen LogP contribution in [0.2, 0.25) is 0 Å². The summed E-state index contributed by atoms with van der Waals surface area (Å²) in [5.41, 5.74) is 1.98. The number of hydrogen-bond acceptors (Lipinski definition) is 4. The Bertz CT molecular complexity index is 565. The Morgan fingerprint density at radius 3 is 2.47 bits per heavy atom. The second kappa shape index (κ2) is 5.30. The van der Waals surface area contributed by atoms with Crippen LogP contribution >= 0.6 is 0 Å². The predicted octanol–water partition coefficient (Wildman–Crippen LogP) is 0.761. The highest BCUT2D eigenvalue weighted by atomic mass is 32.2. The van der Waals surface area contributed by atoms with Crippen molar-refractivity contribution in [2.24, 2.45) is 0 Å². The molecule has 0 radical (unpaired) electrons. The van der Waals surface area contributed by atoms with E-state index in [1.807, 2.05) is 31.2 Å². The lowest BCUT2D eigenvalue weighted by atomic mass is 10.0. The molecule has 1 aromatic rings. The van der Waals surface area contributed by atoms with E-state index in [0.717, 1.165) is 17.5 Å². The summed E-state index contributed by atoms with van der Waals surface area (Å²) in [6.45, 7) is 2.04. The average molecular weight is 283 g/mol. The third kappa shape index (κ3) is 3.33. The van der Waals surface area contributed by atoms with E-state index in [-0.39, 0.29) is 11.5 Å². The number of carbonyl (C=O) groups is 1. The van der Waals surface area contributed by atoms with Crippen molar-refractivity contribution in [3.63, 3.8) is 0 Å². The molecule has 19 heavy (non-hydrogen) atoms. The summed E-state index contributed by atoms with van der Waals surface area (Å²) in [4.78, 5) is 11.0. The lowest BCUT2D eigenvalue weighted by molar-refractivity contribution is -0.139. The van der Waals surface area contributed by atoms with Crippen molar-refractivity contribution in [3.8, 4) is 0 Å². The molecule has 0 aromatic heterocycles. The van der Waals surface area contributed by atoms with Gasteiger partial charge in [0.2, 0.25) is 0 Å². The maximum Gasteiger partial charge on any atom is 0.321 e. The normalized spacial score (nSPS) is 25.9. The van der Waals surface area contributed by atoms with Crippen LogP contribution in [0.3, 0.4) is 0 Å². The molecule has 5 nitrogen and oxygen atoms in total. The van der Waals surface area contributed by atoms with Gasteiger partial charge >= 0.3 is 5.97 Å². The molecule has 1 heterocycles. The van der Waals surface area contributed by atoms with E-state index in [9.17, 15) is 13.2 Å². The zero-order valence-electron chi connectivity index (χ0n) is 10.7. The maximum atomic E-state index is 11.8. The van der Waals surface area contributed by atoms with Gasteiger partial charge in [0.25, 0.3) is 0 Å². The lowest BCUT2D eigenvalue weighted by Crippen LogP contribution is -2.51. The van der Waals surface area contributed by atoms with Crippen LogP contribution in [0.4, 0.5) is 0 Å². The van der Waals surface area contributed by atoms with Crippen molar-refractivity contribution in [2.45, 2.75) is 25.4 Å². The van der Waals surface area contributed by atoms with Gasteiger partial charge in [-0.1, -0.05) is 31.2 Å². The monoisotopic (exact) mass is 283 g/mol. The molecule has 104 valence electrons. The van der Waals surface area contributed by atoms with E-state index in [0.29, 0.717) is 0 Å². The Labute approximate surface area is 112 Å². The Hall–Kier alpha value is -1.40. The molecule has 1 aliphatic heterocycles. The van der Waals surface area contributed by atoms with E-state index in [1.54, 1.807) is 0 Å². The van der Waals surface area contributed by atoms with Crippen LogP contribution in [-0.4, -0.2) is 37.0 Å². The van der Waals surface area contributed by atoms with Crippen molar-refractivity contribution < 1.29 is 18.3 Å². The second-order valence-electron chi connectivity index (χ2n) is 4.78. The van der Waals surface area contributed by atoms with Gasteiger partial charge in [-0.2, -0.15) is 0 Å². The van der Waals surface area contributed by atoms with Crippen molar-refractivity contribution in [1.82, 2.24) is 5.32 Å². The van der Waals surface area contributed by atoms with Crippen LogP contribution in [0.25, 0.3) is 0 Å². The Balaban J connectivity index is 2.25. The van der Waals surface area contributed by atoms with E-state index >= 15 is 0 Å². The zero-order chi connectivity index (χ0) is 14.0. The number of rotatable bonds is 3. The van der Waals surface area contributed by atoms with Crippen molar-refractivity contribution in [3.05, 3.63) is 35.4 Å². The van der Waals surface area contributed by atoms with Gasteiger partial charge in [0, 0.05) is 6.04 Å². The number of aryl methyl sites for hydroxylation is 1. The molecule has 0 aliphatic carbocycles. The summed E-state index contributed by atoms with van der Waals surface area (Å²) in [6, 6.07) is 6.11. The van der Waals surface area contributed by atoms with Gasteiger partial charge in [-0.15, -0.1) is 0 Å². The first-order chi connectivity index (χ1) is 8.91. The van der Waals surface area contributed by atoms with Crippen LogP contribution in [0.5, 0.6) is 0 Å². The van der Waals surface area contributed by atoms with Gasteiger partial charge < -0.3 is 5.11 Å². The summed E-state index contributed by atoms with van der Waals surface area (Å²) in [5.74, 6) is -1.52. The molecule has 0 spiro atoms. The number of nitrogens with one attached hydrogen (secondary N) is 1. The third-order valence-corrected chi connectivity index (χ3v) is 5.01. The standard InChI is InChI=1S/C13H17NO4S/c1-2-9-3-5-10(6-4-9)11-7-19(17,18)8-12(14-11)13(15)16/h3-6,11-12,14H,2,7-8H2,1H3,(H,15,16). The van der Waals surface area contributed by atoms with E-state index in [2.05, 4.69) is 5.32 Å². The highest BCUT2D eigenvalue weighted by Gasteiger charge is 2.35. The molecule has 1 aromatic carbocycles. The fourth-order valence-electron chi connectivity index (χ4n) is 2.24. The van der Waals surface area contributed by atoms with E-state index in [4.69, 9.17) is 5.11 Å². The zero-order valence-corrected chi connectivity index (χ0v) is 11.5. The van der Waals surface area contributed by atoms with Crippen molar-refractivity contribution >= 4 is 15.8 Å². The average Bonchev–Trinajstić information content (AvgIpc) is 2.37. The summed E-state index contributed by atoms with van der Waals surface area (Å²) < 4.78 is 23.5. The van der Waals surface area contributed by atoms with Gasteiger partial charge in [-0.25, -0.2) is 8.42 Å². The molecule has 1 aliphatic rings. The number of benzene rings is 1. The lowest BCUT2D eigenvalue weighted by Gasteiger charge is -2.28. The highest BCUT2D eigenvalue weighted by molar-refractivity contribution is 7.91. The quantitative estimate of drug-likeness (QED) is 0.855. The largest absolute Gasteiger partial charge is 0.480 e. The van der Waals surface area contributed by atoms with Crippen LogP contribution in [0.15, 0.2) is 24.3 Å².